The number of carbonyl (C=O) groups excluding carboxylic acids is 2. The van der Waals surface area contributed by atoms with Crippen molar-refractivity contribution in [2.75, 3.05) is 6.61 Å². The third kappa shape index (κ3) is 4.37. The van der Waals surface area contributed by atoms with E-state index < -0.39 is 12.0 Å². The molecule has 0 saturated carbocycles. The Balaban J connectivity index is 2.76. The Kier molecular flexibility index (Phi) is 4.74. The zero-order valence-electron chi connectivity index (χ0n) is 9.30. The van der Waals surface area contributed by atoms with E-state index in [1.165, 1.54) is 12.5 Å². The molecule has 0 aromatic carbocycles. The molecular weight excluding hydrogens is 226 g/mol. The Morgan fingerprint density at radius 3 is 2.88 bits per heavy atom. The quantitative estimate of drug-likeness (QED) is 0.445. The fourth-order valence-corrected chi connectivity index (χ4v) is 1.11. The number of carbonyl (C=O) groups is 2. The second kappa shape index (κ2) is 6.31. The SMILES string of the molecule is CCOC(=O)CC(=NNC(N)=O)c1ccoc1. The van der Waals surface area contributed by atoms with Crippen molar-refractivity contribution in [2.45, 2.75) is 13.3 Å². The van der Waals surface area contributed by atoms with E-state index in [1.54, 1.807) is 13.0 Å². The topological polar surface area (TPSA) is 107 Å². The van der Waals surface area contributed by atoms with Gasteiger partial charge in [-0.05, 0) is 13.0 Å². The molecule has 0 unspecified atom stereocenters. The van der Waals surface area contributed by atoms with Crippen LogP contribution in [0.5, 0.6) is 0 Å². The minimum absolute atomic E-state index is 0.0757. The predicted molar refractivity (Wildman–Crippen MR) is 59.2 cm³/mol. The van der Waals surface area contributed by atoms with E-state index in [2.05, 4.69) is 10.5 Å². The van der Waals surface area contributed by atoms with E-state index in [9.17, 15) is 9.59 Å². The number of nitrogens with two attached hydrogens (primary N) is 1. The highest BCUT2D eigenvalue weighted by Gasteiger charge is 2.12. The predicted octanol–water partition coefficient (Wildman–Crippen LogP) is 0.605. The first kappa shape index (κ1) is 12.8. The number of hydrogen-bond acceptors (Lipinski definition) is 5. The van der Waals surface area contributed by atoms with Gasteiger partial charge in [0.05, 0.1) is 31.3 Å². The minimum Gasteiger partial charge on any atom is -0.472 e. The first-order chi connectivity index (χ1) is 8.13. The molecule has 0 atom stereocenters. The van der Waals surface area contributed by atoms with Gasteiger partial charge in [0.2, 0.25) is 0 Å². The smallest absolute Gasteiger partial charge is 0.332 e. The molecule has 0 saturated heterocycles. The number of primary amides is 1. The molecule has 7 nitrogen and oxygen atoms in total. The lowest BCUT2D eigenvalue weighted by atomic mass is 10.1. The number of urea groups is 1. The maximum atomic E-state index is 11.3. The zero-order chi connectivity index (χ0) is 12.7. The number of nitrogens with zero attached hydrogens (tertiary/aromatic N) is 1. The van der Waals surface area contributed by atoms with Gasteiger partial charge >= 0.3 is 12.0 Å². The standard InChI is InChI=1S/C10H13N3O4/c1-2-17-9(14)5-8(12-13-10(11)15)7-3-4-16-6-7/h3-4,6H,2,5H2,1H3,(H3,11,13,15). The van der Waals surface area contributed by atoms with Crippen LogP contribution < -0.4 is 11.2 Å². The minimum atomic E-state index is -0.810. The molecule has 0 aliphatic carbocycles. The monoisotopic (exact) mass is 239 g/mol. The van der Waals surface area contributed by atoms with Crippen LogP contribution in [0, 0.1) is 0 Å². The third-order valence-corrected chi connectivity index (χ3v) is 1.77. The van der Waals surface area contributed by atoms with Crippen LogP contribution in [0.3, 0.4) is 0 Å². The molecule has 1 rings (SSSR count). The highest BCUT2D eigenvalue weighted by atomic mass is 16.5. The summed E-state index contributed by atoms with van der Waals surface area (Å²) in [4.78, 5) is 21.9. The average molecular weight is 239 g/mol. The van der Waals surface area contributed by atoms with Crippen molar-refractivity contribution < 1.29 is 18.7 Å². The molecule has 3 N–H and O–H groups in total. The van der Waals surface area contributed by atoms with Gasteiger partial charge in [-0.15, -0.1) is 0 Å². The molecule has 0 aliphatic rings. The number of furan rings is 1. The number of nitrogens with one attached hydrogen (secondary N) is 1. The number of ether oxygens (including phenoxy) is 1. The maximum absolute atomic E-state index is 11.3. The molecule has 1 aromatic rings. The number of rotatable bonds is 5. The van der Waals surface area contributed by atoms with E-state index in [4.69, 9.17) is 14.9 Å². The highest BCUT2D eigenvalue weighted by molar-refractivity contribution is 6.09. The lowest BCUT2D eigenvalue weighted by molar-refractivity contribution is -0.141. The molecule has 2 amide bonds. The highest BCUT2D eigenvalue weighted by Crippen LogP contribution is 2.06. The Morgan fingerprint density at radius 2 is 2.35 bits per heavy atom. The van der Waals surface area contributed by atoms with Gasteiger partial charge in [0.15, 0.2) is 0 Å². The van der Waals surface area contributed by atoms with Crippen molar-refractivity contribution in [3.8, 4) is 0 Å². The molecular formula is C10H13N3O4. The van der Waals surface area contributed by atoms with Crippen molar-refractivity contribution in [3.05, 3.63) is 24.2 Å². The summed E-state index contributed by atoms with van der Waals surface area (Å²) in [5, 5.41) is 3.72. The molecule has 0 aliphatic heterocycles. The van der Waals surface area contributed by atoms with E-state index >= 15 is 0 Å². The molecule has 0 bridgehead atoms. The van der Waals surface area contributed by atoms with Crippen LogP contribution in [0.4, 0.5) is 4.79 Å². The number of esters is 1. The molecule has 0 fully saturated rings. The Morgan fingerprint density at radius 1 is 1.59 bits per heavy atom. The second-order valence-electron chi connectivity index (χ2n) is 3.03. The summed E-state index contributed by atoms with van der Waals surface area (Å²) >= 11 is 0. The average Bonchev–Trinajstić information content (AvgIpc) is 2.77. The van der Waals surface area contributed by atoms with Gasteiger partial charge < -0.3 is 14.9 Å². The van der Waals surface area contributed by atoms with Gasteiger partial charge in [-0.2, -0.15) is 5.10 Å². The van der Waals surface area contributed by atoms with Crippen LogP contribution in [-0.2, 0) is 9.53 Å². The Hall–Kier alpha value is -2.31. The fraction of sp³-hybridized carbons (Fsp3) is 0.300. The summed E-state index contributed by atoms with van der Waals surface area (Å²) in [6.45, 7) is 1.98. The van der Waals surface area contributed by atoms with Gasteiger partial charge in [-0.25, -0.2) is 10.2 Å². The van der Waals surface area contributed by atoms with Crippen molar-refractivity contribution in [1.82, 2.24) is 5.43 Å². The second-order valence-corrected chi connectivity index (χ2v) is 3.03. The summed E-state index contributed by atoms with van der Waals surface area (Å²) in [5.74, 6) is -0.446. The van der Waals surface area contributed by atoms with E-state index in [0.717, 1.165) is 0 Å². The van der Waals surface area contributed by atoms with Crippen LogP contribution in [0.1, 0.15) is 18.9 Å². The van der Waals surface area contributed by atoms with E-state index in [0.29, 0.717) is 11.3 Å². The van der Waals surface area contributed by atoms with Crippen molar-refractivity contribution >= 4 is 17.7 Å². The molecule has 17 heavy (non-hydrogen) atoms. The summed E-state index contributed by atoms with van der Waals surface area (Å²) < 4.78 is 9.65. The van der Waals surface area contributed by atoms with Gasteiger partial charge in [-0.1, -0.05) is 0 Å². The molecule has 7 heteroatoms. The fourth-order valence-electron chi connectivity index (χ4n) is 1.11. The van der Waals surface area contributed by atoms with Crippen LogP contribution in [-0.4, -0.2) is 24.3 Å². The molecule has 92 valence electrons. The lowest BCUT2D eigenvalue weighted by Crippen LogP contribution is -2.26. The first-order valence-corrected chi connectivity index (χ1v) is 4.93. The molecule has 0 radical (unpaired) electrons. The number of hydrogen-bond donors (Lipinski definition) is 2. The summed E-state index contributed by atoms with van der Waals surface area (Å²) in [6, 6.07) is 0.802. The molecule has 1 aromatic heterocycles. The lowest BCUT2D eigenvalue weighted by Gasteiger charge is -2.04. The Bertz CT molecular complexity index is 411. The Labute approximate surface area is 97.6 Å². The molecule has 1 heterocycles. The third-order valence-electron chi connectivity index (χ3n) is 1.77. The molecule has 0 spiro atoms. The van der Waals surface area contributed by atoms with Crippen molar-refractivity contribution in [3.63, 3.8) is 0 Å². The van der Waals surface area contributed by atoms with E-state index in [1.807, 2.05) is 0 Å². The van der Waals surface area contributed by atoms with Crippen LogP contribution in [0.2, 0.25) is 0 Å². The van der Waals surface area contributed by atoms with Gasteiger partial charge in [-0.3, -0.25) is 4.79 Å². The summed E-state index contributed by atoms with van der Waals surface area (Å²) in [6.07, 6.45) is 2.76. The largest absolute Gasteiger partial charge is 0.472 e. The first-order valence-electron chi connectivity index (χ1n) is 4.93. The van der Waals surface area contributed by atoms with Crippen molar-refractivity contribution in [2.24, 2.45) is 10.8 Å². The summed E-state index contributed by atoms with van der Waals surface area (Å²) in [7, 11) is 0. The van der Waals surface area contributed by atoms with Crippen LogP contribution in [0.15, 0.2) is 28.1 Å². The maximum Gasteiger partial charge on any atom is 0.332 e. The van der Waals surface area contributed by atoms with Crippen molar-refractivity contribution in [1.29, 1.82) is 0 Å². The summed E-state index contributed by atoms with van der Waals surface area (Å²) in [5.41, 5.74) is 7.84. The van der Waals surface area contributed by atoms with Gasteiger partial charge in [0.1, 0.15) is 0 Å². The zero-order valence-corrected chi connectivity index (χ0v) is 9.30. The normalized spacial score (nSPS) is 11.0. The van der Waals surface area contributed by atoms with E-state index in [-0.39, 0.29) is 13.0 Å². The van der Waals surface area contributed by atoms with Crippen LogP contribution in [0.25, 0.3) is 0 Å². The van der Waals surface area contributed by atoms with Gasteiger partial charge in [0, 0.05) is 5.56 Å². The number of hydrazone groups is 1. The van der Waals surface area contributed by atoms with Crippen LogP contribution >= 0.6 is 0 Å². The van der Waals surface area contributed by atoms with Gasteiger partial charge in [0.25, 0.3) is 0 Å². The number of amides is 2.